The van der Waals surface area contributed by atoms with E-state index in [9.17, 15) is 14.9 Å². The lowest BCUT2D eigenvalue weighted by molar-refractivity contribution is -0.385. The van der Waals surface area contributed by atoms with E-state index in [1.807, 2.05) is 0 Å². The van der Waals surface area contributed by atoms with Crippen molar-refractivity contribution >= 4 is 17.3 Å². The Bertz CT molecular complexity index is 662. The molecular weight excluding hydrogens is 260 g/mol. The minimum Gasteiger partial charge on any atom is -0.357 e. The number of H-pyrrole nitrogens is 1. The summed E-state index contributed by atoms with van der Waals surface area (Å²) in [7, 11) is 0. The Labute approximate surface area is 114 Å². The van der Waals surface area contributed by atoms with Crippen LogP contribution in [-0.4, -0.2) is 21.5 Å². The van der Waals surface area contributed by atoms with Crippen LogP contribution in [0.4, 0.5) is 5.69 Å². The fourth-order valence-corrected chi connectivity index (χ4v) is 1.67. The van der Waals surface area contributed by atoms with E-state index in [0.717, 1.165) is 0 Å². The summed E-state index contributed by atoms with van der Waals surface area (Å²) < 4.78 is 0. The highest BCUT2D eigenvalue weighted by atomic mass is 16.6. The van der Waals surface area contributed by atoms with Gasteiger partial charge in [-0.15, -0.1) is 0 Å². The minimum absolute atomic E-state index is 0.0529. The second-order valence-electron chi connectivity index (χ2n) is 4.00. The molecule has 0 spiro atoms. The van der Waals surface area contributed by atoms with Gasteiger partial charge >= 0.3 is 0 Å². The molecule has 0 saturated heterocycles. The first-order valence-corrected chi connectivity index (χ1v) is 5.81. The monoisotopic (exact) mass is 272 g/mol. The quantitative estimate of drug-likeness (QED) is 0.506. The summed E-state index contributed by atoms with van der Waals surface area (Å²) in [5, 5.41) is 14.8. The lowest BCUT2D eigenvalue weighted by Crippen LogP contribution is -2.19. The largest absolute Gasteiger partial charge is 0.357 e. The molecule has 7 heteroatoms. The fourth-order valence-electron chi connectivity index (χ4n) is 1.67. The zero-order valence-electron chi connectivity index (χ0n) is 10.7. The lowest BCUT2D eigenvalue weighted by Gasteiger charge is -2.03. The van der Waals surface area contributed by atoms with Gasteiger partial charge in [0.05, 0.1) is 16.2 Å². The molecule has 102 valence electrons. The third kappa shape index (κ3) is 2.89. The summed E-state index contributed by atoms with van der Waals surface area (Å²) >= 11 is 0. The van der Waals surface area contributed by atoms with Crippen LogP contribution in [0.1, 0.15) is 23.0 Å². The first-order chi connectivity index (χ1) is 9.59. The van der Waals surface area contributed by atoms with Crippen LogP contribution in [0.5, 0.6) is 0 Å². The van der Waals surface area contributed by atoms with E-state index in [1.54, 1.807) is 43.5 Å². The van der Waals surface area contributed by atoms with Crippen molar-refractivity contribution in [2.24, 2.45) is 5.10 Å². The lowest BCUT2D eigenvalue weighted by atomic mass is 10.1. The van der Waals surface area contributed by atoms with Gasteiger partial charge in [0.25, 0.3) is 11.6 Å². The average molecular weight is 272 g/mol. The maximum absolute atomic E-state index is 11.7. The number of nitro benzene ring substituents is 1. The zero-order valence-corrected chi connectivity index (χ0v) is 10.7. The number of nitro groups is 1. The van der Waals surface area contributed by atoms with Crippen LogP contribution in [0.25, 0.3) is 0 Å². The molecule has 2 rings (SSSR count). The molecule has 7 nitrogen and oxygen atoms in total. The summed E-state index contributed by atoms with van der Waals surface area (Å²) in [6, 6.07) is 9.51. The van der Waals surface area contributed by atoms with Gasteiger partial charge in [0, 0.05) is 12.3 Å². The number of aromatic nitrogens is 1. The van der Waals surface area contributed by atoms with Crippen molar-refractivity contribution in [3.63, 3.8) is 0 Å². The van der Waals surface area contributed by atoms with Crippen LogP contribution in [0.2, 0.25) is 0 Å². The third-order valence-electron chi connectivity index (χ3n) is 2.66. The maximum atomic E-state index is 11.7. The van der Waals surface area contributed by atoms with Gasteiger partial charge in [-0.2, -0.15) is 5.10 Å². The van der Waals surface area contributed by atoms with E-state index < -0.39 is 10.8 Å². The van der Waals surface area contributed by atoms with E-state index in [1.165, 1.54) is 6.07 Å². The van der Waals surface area contributed by atoms with Crippen LogP contribution in [-0.2, 0) is 0 Å². The molecule has 2 aromatic rings. The molecule has 1 amide bonds. The van der Waals surface area contributed by atoms with Crippen LogP contribution in [0.3, 0.4) is 0 Å². The average Bonchev–Trinajstić information content (AvgIpc) is 2.98. The summed E-state index contributed by atoms with van der Waals surface area (Å²) in [4.78, 5) is 24.8. The molecule has 0 aliphatic rings. The van der Waals surface area contributed by atoms with E-state index >= 15 is 0 Å². The first-order valence-electron chi connectivity index (χ1n) is 5.81. The Kier molecular flexibility index (Phi) is 3.90. The number of hydrogen-bond acceptors (Lipinski definition) is 4. The Morgan fingerprint density at radius 3 is 2.70 bits per heavy atom. The van der Waals surface area contributed by atoms with E-state index in [-0.39, 0.29) is 5.69 Å². The van der Waals surface area contributed by atoms with Crippen molar-refractivity contribution < 1.29 is 9.72 Å². The van der Waals surface area contributed by atoms with Gasteiger partial charge in [0.2, 0.25) is 0 Å². The van der Waals surface area contributed by atoms with Gasteiger partial charge < -0.3 is 4.98 Å². The fraction of sp³-hybridized carbons (Fsp3) is 0.0769. The highest BCUT2D eigenvalue weighted by Crippen LogP contribution is 2.18. The van der Waals surface area contributed by atoms with Crippen LogP contribution in [0.15, 0.2) is 47.7 Å². The Hall–Kier alpha value is -2.96. The Balaban J connectivity index is 2.19. The Morgan fingerprint density at radius 1 is 1.30 bits per heavy atom. The molecule has 20 heavy (non-hydrogen) atoms. The van der Waals surface area contributed by atoms with Gasteiger partial charge in [0.15, 0.2) is 0 Å². The second-order valence-corrected chi connectivity index (χ2v) is 4.00. The molecule has 0 bridgehead atoms. The SMILES string of the molecule is C/C(=N/NC(=O)c1ccc[nH]1)c1ccccc1[N+](=O)[O-]. The number of nitrogens with one attached hydrogen (secondary N) is 2. The van der Waals surface area contributed by atoms with Crippen molar-refractivity contribution in [2.45, 2.75) is 6.92 Å². The number of amides is 1. The molecular formula is C13H12N4O3. The highest BCUT2D eigenvalue weighted by molar-refractivity contribution is 6.03. The molecule has 0 saturated carbocycles. The topological polar surface area (TPSA) is 100 Å². The van der Waals surface area contributed by atoms with E-state index in [2.05, 4.69) is 15.5 Å². The molecule has 0 unspecified atom stereocenters. The highest BCUT2D eigenvalue weighted by Gasteiger charge is 2.15. The first kappa shape index (κ1) is 13.5. The van der Waals surface area contributed by atoms with Gasteiger partial charge in [-0.3, -0.25) is 14.9 Å². The number of rotatable bonds is 4. The number of carbonyl (C=O) groups excluding carboxylic acids is 1. The summed E-state index contributed by atoms with van der Waals surface area (Å²) in [6.45, 7) is 1.59. The number of carbonyl (C=O) groups is 1. The van der Waals surface area contributed by atoms with Crippen molar-refractivity contribution in [1.82, 2.24) is 10.4 Å². The maximum Gasteiger partial charge on any atom is 0.287 e. The second kappa shape index (κ2) is 5.79. The number of nitrogens with zero attached hydrogens (tertiary/aromatic N) is 2. The summed E-state index contributed by atoms with van der Waals surface area (Å²) in [5.74, 6) is -0.409. The Morgan fingerprint density at radius 2 is 2.05 bits per heavy atom. The zero-order chi connectivity index (χ0) is 14.5. The molecule has 1 aromatic heterocycles. The predicted molar refractivity (Wildman–Crippen MR) is 73.6 cm³/mol. The molecule has 1 aromatic carbocycles. The standard InChI is InChI=1S/C13H12N4O3/c1-9(10-5-2-3-7-12(10)17(19)20)15-16-13(18)11-6-4-8-14-11/h2-8,14H,1H3,(H,16,18)/b15-9-. The number of benzene rings is 1. The van der Waals surface area contributed by atoms with E-state index in [4.69, 9.17) is 0 Å². The van der Waals surface area contributed by atoms with Gasteiger partial charge in [-0.1, -0.05) is 12.1 Å². The molecule has 0 atom stereocenters. The number of hydrazone groups is 1. The van der Waals surface area contributed by atoms with Gasteiger partial charge in [-0.05, 0) is 25.1 Å². The molecule has 0 radical (unpaired) electrons. The number of para-hydroxylation sites is 1. The smallest absolute Gasteiger partial charge is 0.287 e. The molecule has 1 heterocycles. The predicted octanol–water partition coefficient (Wildman–Crippen LogP) is 2.08. The van der Waals surface area contributed by atoms with Crippen molar-refractivity contribution in [3.05, 3.63) is 64.0 Å². The number of aromatic amines is 1. The van der Waals surface area contributed by atoms with Crippen LogP contribution < -0.4 is 5.43 Å². The van der Waals surface area contributed by atoms with Crippen molar-refractivity contribution in [2.75, 3.05) is 0 Å². The molecule has 2 N–H and O–H groups in total. The molecule has 0 aliphatic heterocycles. The van der Waals surface area contributed by atoms with Crippen molar-refractivity contribution in [1.29, 1.82) is 0 Å². The van der Waals surface area contributed by atoms with Crippen molar-refractivity contribution in [3.8, 4) is 0 Å². The number of hydrogen-bond donors (Lipinski definition) is 2. The van der Waals surface area contributed by atoms with E-state index in [0.29, 0.717) is 17.0 Å². The van der Waals surface area contributed by atoms with Crippen LogP contribution in [0, 0.1) is 10.1 Å². The summed E-state index contributed by atoms with van der Waals surface area (Å²) in [6.07, 6.45) is 1.62. The minimum atomic E-state index is -0.485. The third-order valence-corrected chi connectivity index (χ3v) is 2.66. The molecule has 0 aliphatic carbocycles. The van der Waals surface area contributed by atoms with Crippen LogP contribution >= 0.6 is 0 Å². The van der Waals surface area contributed by atoms with Gasteiger partial charge in [0.1, 0.15) is 5.69 Å². The van der Waals surface area contributed by atoms with Gasteiger partial charge in [-0.25, -0.2) is 5.43 Å². The normalized spacial score (nSPS) is 11.2. The molecule has 0 fully saturated rings. The summed E-state index contributed by atoms with van der Waals surface area (Å²) in [5.41, 5.74) is 3.38.